The van der Waals surface area contributed by atoms with E-state index in [9.17, 15) is 9.90 Å². The van der Waals surface area contributed by atoms with Crippen molar-refractivity contribution in [2.24, 2.45) is 5.41 Å². The number of carboxylic acid groups (broad SMARTS) is 1. The molecule has 0 radical (unpaired) electrons. The molecule has 2 N–H and O–H groups in total. The molecule has 1 aliphatic heterocycles. The molecular formula is C16H21NO3S. The average Bonchev–Trinajstić information content (AvgIpc) is 2.92. The van der Waals surface area contributed by atoms with Crippen LogP contribution in [0.15, 0.2) is 11.4 Å². The molecule has 0 aromatic carbocycles. The third kappa shape index (κ3) is 3.85. The summed E-state index contributed by atoms with van der Waals surface area (Å²) < 4.78 is 0. The van der Waals surface area contributed by atoms with Gasteiger partial charge in [-0.2, -0.15) is 0 Å². The standard InChI is InChI=1S/C16H21NO3S/c1-2-16(15(19)20)6-4-7-17(12-16)10-14-9-13(11-21-14)5-3-8-18/h9,11,18H,2,4,6-8,10,12H2,1H3,(H,19,20)/t16-/m0/s1. The van der Waals surface area contributed by atoms with Crippen molar-refractivity contribution in [3.63, 3.8) is 0 Å². The fourth-order valence-corrected chi connectivity index (χ4v) is 3.73. The van der Waals surface area contributed by atoms with Gasteiger partial charge < -0.3 is 10.2 Å². The lowest BCUT2D eigenvalue weighted by Crippen LogP contribution is -2.47. The zero-order valence-electron chi connectivity index (χ0n) is 12.3. The van der Waals surface area contributed by atoms with Crippen molar-refractivity contribution in [2.45, 2.75) is 32.7 Å². The third-order valence-corrected chi connectivity index (χ3v) is 5.05. The van der Waals surface area contributed by atoms with Crippen molar-refractivity contribution in [1.82, 2.24) is 4.90 Å². The Morgan fingerprint density at radius 3 is 3.05 bits per heavy atom. The van der Waals surface area contributed by atoms with E-state index in [1.807, 2.05) is 18.4 Å². The predicted molar refractivity (Wildman–Crippen MR) is 83.2 cm³/mol. The molecule has 1 aromatic rings. The Labute approximate surface area is 129 Å². The van der Waals surface area contributed by atoms with Crippen LogP contribution in [-0.2, 0) is 11.3 Å². The zero-order valence-corrected chi connectivity index (χ0v) is 13.1. The fraction of sp³-hybridized carbons (Fsp3) is 0.562. The molecule has 4 nitrogen and oxygen atoms in total. The number of aliphatic hydroxyl groups excluding tert-OH is 1. The van der Waals surface area contributed by atoms with Gasteiger partial charge >= 0.3 is 5.97 Å². The highest BCUT2D eigenvalue weighted by molar-refractivity contribution is 7.10. The molecule has 2 heterocycles. The van der Waals surface area contributed by atoms with E-state index < -0.39 is 11.4 Å². The number of thiophene rings is 1. The summed E-state index contributed by atoms with van der Waals surface area (Å²) in [5, 5.41) is 20.2. The molecule has 2 rings (SSSR count). The van der Waals surface area contributed by atoms with Crippen LogP contribution in [0.1, 0.15) is 36.6 Å². The lowest BCUT2D eigenvalue weighted by Gasteiger charge is -2.39. The molecule has 1 atom stereocenters. The number of piperidine rings is 1. The average molecular weight is 307 g/mol. The Balaban J connectivity index is 2.02. The van der Waals surface area contributed by atoms with Crippen molar-refractivity contribution in [3.05, 3.63) is 21.9 Å². The summed E-state index contributed by atoms with van der Waals surface area (Å²) in [6.07, 6.45) is 2.38. The van der Waals surface area contributed by atoms with Crippen LogP contribution in [0.4, 0.5) is 0 Å². The summed E-state index contributed by atoms with van der Waals surface area (Å²) in [4.78, 5) is 15.0. The topological polar surface area (TPSA) is 60.8 Å². The summed E-state index contributed by atoms with van der Waals surface area (Å²) >= 11 is 1.64. The van der Waals surface area contributed by atoms with E-state index in [0.717, 1.165) is 31.5 Å². The van der Waals surface area contributed by atoms with Gasteiger partial charge in [-0.05, 0) is 31.9 Å². The van der Waals surface area contributed by atoms with Crippen molar-refractivity contribution < 1.29 is 15.0 Å². The Morgan fingerprint density at radius 1 is 1.57 bits per heavy atom. The summed E-state index contributed by atoms with van der Waals surface area (Å²) in [5.74, 6) is 4.86. The number of carboxylic acids is 1. The molecule has 0 spiro atoms. The SMILES string of the molecule is CC[C@]1(C(=O)O)CCCN(Cc2cc(C#CCO)cs2)C1. The molecule has 0 bridgehead atoms. The highest BCUT2D eigenvalue weighted by Crippen LogP contribution is 2.34. The molecule has 0 amide bonds. The van der Waals surface area contributed by atoms with Gasteiger partial charge in [0, 0.05) is 28.9 Å². The van der Waals surface area contributed by atoms with Gasteiger partial charge in [-0.3, -0.25) is 9.69 Å². The first-order valence-corrected chi connectivity index (χ1v) is 8.10. The molecule has 1 aromatic heterocycles. The first kappa shape index (κ1) is 16.0. The van der Waals surface area contributed by atoms with Gasteiger partial charge in [-0.1, -0.05) is 18.8 Å². The van der Waals surface area contributed by atoms with Gasteiger partial charge in [-0.25, -0.2) is 0 Å². The van der Waals surface area contributed by atoms with Crippen LogP contribution in [0, 0.1) is 17.3 Å². The second kappa shape index (κ2) is 7.08. The first-order chi connectivity index (χ1) is 10.1. The normalized spacial score (nSPS) is 22.6. The summed E-state index contributed by atoms with van der Waals surface area (Å²) in [6, 6.07) is 2.02. The first-order valence-electron chi connectivity index (χ1n) is 7.22. The number of carbonyl (C=O) groups is 1. The maximum absolute atomic E-state index is 11.6. The molecule has 0 unspecified atom stereocenters. The van der Waals surface area contributed by atoms with Gasteiger partial charge in [0.1, 0.15) is 6.61 Å². The molecular weight excluding hydrogens is 286 g/mol. The molecule has 1 aliphatic rings. The minimum absolute atomic E-state index is 0.130. The smallest absolute Gasteiger partial charge is 0.310 e. The van der Waals surface area contributed by atoms with Gasteiger partial charge in [0.15, 0.2) is 0 Å². The summed E-state index contributed by atoms with van der Waals surface area (Å²) in [7, 11) is 0. The van der Waals surface area contributed by atoms with Crippen molar-refractivity contribution in [3.8, 4) is 11.8 Å². The van der Waals surface area contributed by atoms with Crippen molar-refractivity contribution in [1.29, 1.82) is 0 Å². The predicted octanol–water partition coefficient (Wildman–Crippen LogP) is 2.17. The van der Waals surface area contributed by atoms with Crippen molar-refractivity contribution >= 4 is 17.3 Å². The number of rotatable bonds is 4. The van der Waals surface area contributed by atoms with Gasteiger partial charge in [0.2, 0.25) is 0 Å². The molecule has 1 fully saturated rings. The fourth-order valence-electron chi connectivity index (χ4n) is 2.87. The van der Waals surface area contributed by atoms with Crippen LogP contribution in [0.25, 0.3) is 0 Å². The lowest BCUT2D eigenvalue weighted by atomic mass is 9.77. The number of nitrogens with zero attached hydrogens (tertiary/aromatic N) is 1. The highest BCUT2D eigenvalue weighted by atomic mass is 32.1. The van der Waals surface area contributed by atoms with Crippen LogP contribution in [0.3, 0.4) is 0 Å². The Kier molecular flexibility index (Phi) is 5.40. The summed E-state index contributed by atoms with van der Waals surface area (Å²) in [5.41, 5.74) is 0.329. The molecule has 5 heteroatoms. The number of hydrogen-bond donors (Lipinski definition) is 2. The van der Waals surface area contributed by atoms with E-state index in [4.69, 9.17) is 5.11 Å². The lowest BCUT2D eigenvalue weighted by molar-refractivity contribution is -0.153. The highest BCUT2D eigenvalue weighted by Gasteiger charge is 2.40. The van der Waals surface area contributed by atoms with Crippen LogP contribution in [-0.4, -0.2) is 40.8 Å². The zero-order chi connectivity index (χ0) is 15.3. The maximum atomic E-state index is 11.6. The molecule has 0 aliphatic carbocycles. The van der Waals surface area contributed by atoms with Crippen LogP contribution in [0.2, 0.25) is 0 Å². The molecule has 0 saturated carbocycles. The minimum Gasteiger partial charge on any atom is -0.481 e. The number of aliphatic carboxylic acids is 1. The summed E-state index contributed by atoms with van der Waals surface area (Å²) in [6.45, 7) is 4.18. The number of aliphatic hydroxyl groups is 1. The van der Waals surface area contributed by atoms with E-state index in [2.05, 4.69) is 16.7 Å². The Hall–Kier alpha value is -1.35. The van der Waals surface area contributed by atoms with Crippen LogP contribution >= 0.6 is 11.3 Å². The van der Waals surface area contributed by atoms with Gasteiger partial charge in [0.25, 0.3) is 0 Å². The van der Waals surface area contributed by atoms with E-state index in [-0.39, 0.29) is 6.61 Å². The Morgan fingerprint density at radius 2 is 2.38 bits per heavy atom. The van der Waals surface area contributed by atoms with E-state index >= 15 is 0 Å². The Bertz CT molecular complexity index is 557. The minimum atomic E-state index is -0.671. The largest absolute Gasteiger partial charge is 0.481 e. The van der Waals surface area contributed by atoms with Crippen molar-refractivity contribution in [2.75, 3.05) is 19.7 Å². The second-order valence-electron chi connectivity index (χ2n) is 5.51. The van der Waals surface area contributed by atoms with Crippen LogP contribution in [0.5, 0.6) is 0 Å². The monoisotopic (exact) mass is 307 g/mol. The molecule has 21 heavy (non-hydrogen) atoms. The quantitative estimate of drug-likeness (QED) is 0.837. The van der Waals surface area contributed by atoms with Gasteiger partial charge in [0.05, 0.1) is 5.41 Å². The molecule has 114 valence electrons. The van der Waals surface area contributed by atoms with Gasteiger partial charge in [-0.15, -0.1) is 11.3 Å². The van der Waals surface area contributed by atoms with E-state index in [1.54, 1.807) is 11.3 Å². The third-order valence-electron chi connectivity index (χ3n) is 4.13. The maximum Gasteiger partial charge on any atom is 0.310 e. The number of hydrogen-bond acceptors (Lipinski definition) is 4. The molecule has 1 saturated heterocycles. The van der Waals surface area contributed by atoms with Crippen LogP contribution < -0.4 is 0 Å². The second-order valence-corrected chi connectivity index (χ2v) is 6.51. The number of likely N-dealkylation sites (tertiary alicyclic amines) is 1. The van der Waals surface area contributed by atoms with E-state index in [0.29, 0.717) is 13.0 Å². The van der Waals surface area contributed by atoms with E-state index in [1.165, 1.54) is 4.88 Å².